The molecule has 32 heavy (non-hydrogen) atoms. The molecule has 170 valence electrons. The van der Waals surface area contributed by atoms with Crippen LogP contribution in [0.4, 0.5) is 14.5 Å². The molecule has 1 saturated heterocycles. The van der Waals surface area contributed by atoms with Crippen molar-refractivity contribution in [3.63, 3.8) is 0 Å². The van der Waals surface area contributed by atoms with E-state index in [9.17, 15) is 12.8 Å². The number of likely N-dealkylation sites (tertiary alicyclic amines) is 1. The van der Waals surface area contributed by atoms with Gasteiger partial charge in [-0.15, -0.1) is 0 Å². The Morgan fingerprint density at radius 2 is 1.97 bits per heavy atom. The van der Waals surface area contributed by atoms with Crippen LogP contribution in [0.2, 0.25) is 0 Å². The Labute approximate surface area is 191 Å². The van der Waals surface area contributed by atoms with Crippen molar-refractivity contribution in [1.82, 2.24) is 9.27 Å². The van der Waals surface area contributed by atoms with Gasteiger partial charge in [-0.05, 0) is 42.6 Å². The summed E-state index contributed by atoms with van der Waals surface area (Å²) in [5.74, 6) is -2.62. The third kappa shape index (κ3) is 4.69. The summed E-state index contributed by atoms with van der Waals surface area (Å²) in [5, 5.41) is 1.63. The number of likely N-dealkylation sites (N-methyl/N-ethyl adjacent to an activating group) is 1. The van der Waals surface area contributed by atoms with Gasteiger partial charge >= 0.3 is 0 Å². The second-order valence-corrected chi connectivity index (χ2v) is 10.8. The molecule has 1 aliphatic heterocycles. The van der Waals surface area contributed by atoms with Crippen molar-refractivity contribution < 1.29 is 17.2 Å². The van der Waals surface area contributed by atoms with Gasteiger partial charge in [0.1, 0.15) is 16.5 Å². The lowest BCUT2D eigenvalue weighted by molar-refractivity contribution is 0.326. The summed E-state index contributed by atoms with van der Waals surface area (Å²) in [7, 11) is -2.40. The molecule has 0 radical (unpaired) electrons. The van der Waals surface area contributed by atoms with Crippen LogP contribution in [0.5, 0.6) is 0 Å². The molecule has 0 aliphatic carbocycles. The van der Waals surface area contributed by atoms with Crippen molar-refractivity contribution in [2.75, 3.05) is 25.0 Å². The molecule has 3 aromatic rings. The van der Waals surface area contributed by atoms with Crippen LogP contribution in [0.3, 0.4) is 0 Å². The van der Waals surface area contributed by atoms with E-state index < -0.39 is 32.1 Å². The zero-order valence-electron chi connectivity index (χ0n) is 18.0. The fourth-order valence-corrected chi connectivity index (χ4v) is 6.32. The van der Waals surface area contributed by atoms with Crippen LogP contribution in [0, 0.1) is 18.6 Å². The maximum absolute atomic E-state index is 15.2. The Bertz CT molecular complexity index is 1190. The number of rotatable bonds is 7. The van der Waals surface area contributed by atoms with E-state index in [1.54, 1.807) is 12.4 Å². The highest BCUT2D eigenvalue weighted by atomic mass is 32.2. The molecular weight excluding hydrogens is 452 g/mol. The number of nitrogens with zero attached hydrogens (tertiary/aromatic N) is 3. The van der Waals surface area contributed by atoms with E-state index in [1.165, 1.54) is 18.6 Å². The van der Waals surface area contributed by atoms with Gasteiger partial charge in [-0.2, -0.15) is 4.37 Å². The van der Waals surface area contributed by atoms with Crippen molar-refractivity contribution in [2.45, 2.75) is 36.6 Å². The molecule has 0 amide bonds. The first kappa shape index (κ1) is 22.8. The summed E-state index contributed by atoms with van der Waals surface area (Å²) in [5.41, 5.74) is 2.00. The van der Waals surface area contributed by atoms with E-state index in [1.807, 2.05) is 23.1 Å². The lowest BCUT2D eigenvalue weighted by Crippen LogP contribution is -2.35. The number of hydrogen-bond acceptors (Lipinski definition) is 6. The predicted octanol–water partition coefficient (Wildman–Crippen LogP) is 4.41. The van der Waals surface area contributed by atoms with Crippen molar-refractivity contribution in [3.05, 3.63) is 76.3 Å². The molecule has 1 aromatic heterocycles. The van der Waals surface area contributed by atoms with Crippen LogP contribution in [0.1, 0.15) is 23.2 Å². The SMILES string of the molecule is Cc1c(N(C)[C@H]2CCN(Cc3ccccc3)C2)cc(F)c(S(=O)(=O)Cc2ccsn2)c1F. The van der Waals surface area contributed by atoms with Crippen LogP contribution in [-0.4, -0.2) is 43.9 Å². The maximum atomic E-state index is 15.2. The van der Waals surface area contributed by atoms with Crippen LogP contribution >= 0.6 is 11.5 Å². The highest BCUT2D eigenvalue weighted by Crippen LogP contribution is 2.33. The number of sulfone groups is 1. The molecule has 4 rings (SSSR count). The Hall–Kier alpha value is -2.36. The fraction of sp³-hybridized carbons (Fsp3) is 0.348. The van der Waals surface area contributed by atoms with Crippen LogP contribution in [0.25, 0.3) is 0 Å². The smallest absolute Gasteiger partial charge is 0.189 e. The maximum Gasteiger partial charge on any atom is 0.189 e. The minimum absolute atomic E-state index is 0.0775. The molecule has 0 saturated carbocycles. The van der Waals surface area contributed by atoms with Gasteiger partial charge in [0.25, 0.3) is 0 Å². The van der Waals surface area contributed by atoms with Crippen molar-refractivity contribution in [3.8, 4) is 0 Å². The first-order chi connectivity index (χ1) is 15.3. The minimum Gasteiger partial charge on any atom is -0.370 e. The Morgan fingerprint density at radius 3 is 2.66 bits per heavy atom. The number of aromatic nitrogens is 1. The van der Waals surface area contributed by atoms with Gasteiger partial charge in [-0.3, -0.25) is 4.90 Å². The minimum atomic E-state index is -4.20. The standard InChI is InChI=1S/C23H25F2N3O2S2/c1-16-21(27(2)19-8-10-28(14-19)13-17-6-4-3-5-7-17)12-20(24)23(22(16)25)32(29,30)15-18-9-11-31-26-18/h3-7,9,11-12,19H,8,10,13-15H2,1-2H3/t19-/m0/s1. The molecule has 0 N–H and O–H groups in total. The monoisotopic (exact) mass is 477 g/mol. The zero-order valence-corrected chi connectivity index (χ0v) is 19.6. The summed E-state index contributed by atoms with van der Waals surface area (Å²) in [6.45, 7) is 3.96. The van der Waals surface area contributed by atoms with Gasteiger partial charge in [0.15, 0.2) is 9.84 Å². The van der Waals surface area contributed by atoms with Gasteiger partial charge in [0.05, 0.1) is 11.4 Å². The summed E-state index contributed by atoms with van der Waals surface area (Å²) in [4.78, 5) is 3.30. The van der Waals surface area contributed by atoms with E-state index in [0.717, 1.165) is 43.7 Å². The first-order valence-corrected chi connectivity index (χ1v) is 12.8. The molecule has 2 aromatic carbocycles. The lowest BCUT2D eigenvalue weighted by Gasteiger charge is -2.29. The van der Waals surface area contributed by atoms with E-state index in [4.69, 9.17) is 0 Å². The molecule has 9 heteroatoms. The van der Waals surface area contributed by atoms with Crippen molar-refractivity contribution >= 4 is 27.1 Å². The normalized spacial score (nSPS) is 17.1. The second-order valence-electron chi connectivity index (χ2n) is 8.17. The predicted molar refractivity (Wildman–Crippen MR) is 123 cm³/mol. The van der Waals surface area contributed by atoms with Gasteiger partial charge in [-0.1, -0.05) is 30.3 Å². The van der Waals surface area contributed by atoms with Gasteiger partial charge in [-0.25, -0.2) is 17.2 Å². The first-order valence-electron chi connectivity index (χ1n) is 10.4. The topological polar surface area (TPSA) is 53.5 Å². The van der Waals surface area contributed by atoms with E-state index in [0.29, 0.717) is 5.69 Å². The molecule has 0 spiro atoms. The zero-order chi connectivity index (χ0) is 22.9. The number of anilines is 1. The highest BCUT2D eigenvalue weighted by molar-refractivity contribution is 7.90. The van der Waals surface area contributed by atoms with Crippen LogP contribution in [0.15, 0.2) is 52.7 Å². The lowest BCUT2D eigenvalue weighted by atomic mass is 10.1. The van der Waals surface area contributed by atoms with Gasteiger partial charge in [0, 0.05) is 49.4 Å². The third-order valence-corrected chi connectivity index (χ3v) is 8.23. The van der Waals surface area contributed by atoms with Crippen LogP contribution < -0.4 is 4.90 Å². The van der Waals surface area contributed by atoms with Gasteiger partial charge in [0.2, 0.25) is 0 Å². The summed E-state index contributed by atoms with van der Waals surface area (Å²) < 4.78 is 59.5. The summed E-state index contributed by atoms with van der Waals surface area (Å²) >= 11 is 1.10. The Morgan fingerprint density at radius 1 is 1.22 bits per heavy atom. The molecule has 1 aliphatic rings. The largest absolute Gasteiger partial charge is 0.370 e. The molecular formula is C23H25F2N3O2S2. The van der Waals surface area contributed by atoms with E-state index in [2.05, 4.69) is 21.4 Å². The number of benzene rings is 2. The Kier molecular flexibility index (Phi) is 6.60. The number of halogens is 2. The molecule has 5 nitrogen and oxygen atoms in total. The quantitative estimate of drug-likeness (QED) is 0.505. The highest BCUT2D eigenvalue weighted by Gasteiger charge is 2.32. The van der Waals surface area contributed by atoms with Crippen LogP contribution in [-0.2, 0) is 22.1 Å². The molecule has 0 bridgehead atoms. The second kappa shape index (κ2) is 9.25. The van der Waals surface area contributed by atoms with E-state index >= 15 is 4.39 Å². The molecule has 2 heterocycles. The van der Waals surface area contributed by atoms with Crippen molar-refractivity contribution in [2.24, 2.45) is 0 Å². The van der Waals surface area contributed by atoms with Gasteiger partial charge < -0.3 is 4.90 Å². The molecule has 1 fully saturated rings. The fourth-order valence-electron chi connectivity index (χ4n) is 4.22. The molecule has 1 atom stereocenters. The van der Waals surface area contributed by atoms with E-state index in [-0.39, 0.29) is 17.3 Å². The average Bonchev–Trinajstić information content (AvgIpc) is 3.42. The average molecular weight is 478 g/mol. The van der Waals surface area contributed by atoms with Crippen molar-refractivity contribution in [1.29, 1.82) is 0 Å². The summed E-state index contributed by atoms with van der Waals surface area (Å²) in [6, 6.07) is 12.9. The molecule has 0 unspecified atom stereocenters. The number of hydrogen-bond donors (Lipinski definition) is 0. The third-order valence-electron chi connectivity index (χ3n) is 5.96. The Balaban J connectivity index is 1.54. The summed E-state index contributed by atoms with van der Waals surface area (Å²) in [6.07, 6.45) is 0.857.